The third-order valence-electron chi connectivity index (χ3n) is 12.0. The van der Waals surface area contributed by atoms with Crippen molar-refractivity contribution in [3.8, 4) is 0 Å². The Bertz CT molecular complexity index is 930. The summed E-state index contributed by atoms with van der Waals surface area (Å²) < 4.78 is 0. The van der Waals surface area contributed by atoms with Gasteiger partial charge in [0.2, 0.25) is 0 Å². The molecule has 0 aliphatic heterocycles. The molecule has 0 aromatic heterocycles. The van der Waals surface area contributed by atoms with Crippen molar-refractivity contribution in [1.82, 2.24) is 4.90 Å². The summed E-state index contributed by atoms with van der Waals surface area (Å²) >= 11 is 6.68. The molecule has 6 nitrogen and oxygen atoms in total. The number of aldehydes is 1. The summed E-state index contributed by atoms with van der Waals surface area (Å²) in [6, 6.07) is 0. The number of likely N-dealkylation sites (N-methyl/N-ethyl adjacent to an activating group) is 1. The van der Waals surface area contributed by atoms with Crippen molar-refractivity contribution in [2.75, 3.05) is 13.6 Å². The number of alkyl halides is 1. The zero-order valence-corrected chi connectivity index (χ0v) is 31.7. The van der Waals surface area contributed by atoms with Crippen LogP contribution in [0.4, 0.5) is 0 Å². The van der Waals surface area contributed by atoms with Gasteiger partial charge in [-0.3, -0.25) is 9.69 Å². The number of hydrogen-bond donors (Lipinski definition) is 3. The number of halogens is 1. The van der Waals surface area contributed by atoms with Gasteiger partial charge in [-0.1, -0.05) is 128 Å². The van der Waals surface area contributed by atoms with Crippen LogP contribution >= 0.6 is 11.6 Å². The second-order valence-corrected chi connectivity index (χ2v) is 15.8. The van der Waals surface area contributed by atoms with E-state index in [0.717, 1.165) is 38.4 Å². The largest absolute Gasteiger partial charge is 0.480 e. The van der Waals surface area contributed by atoms with Crippen LogP contribution in [0, 0.1) is 17.3 Å². The minimum atomic E-state index is -1.20. The minimum Gasteiger partial charge on any atom is -0.480 e. The highest BCUT2D eigenvalue weighted by Crippen LogP contribution is 2.48. The molecule has 2 fully saturated rings. The summed E-state index contributed by atoms with van der Waals surface area (Å²) in [5.41, 5.74) is -1.14. The molecule has 2 saturated carbocycles. The molecule has 2 rings (SSSR count). The second-order valence-electron chi connectivity index (χ2n) is 15.3. The summed E-state index contributed by atoms with van der Waals surface area (Å²) in [7, 11) is 1.85. The highest BCUT2D eigenvalue weighted by molar-refractivity contribution is 6.21. The van der Waals surface area contributed by atoms with Crippen LogP contribution < -0.4 is 0 Å². The maximum Gasteiger partial charge on any atom is 0.324 e. The maximum absolute atomic E-state index is 12.6. The summed E-state index contributed by atoms with van der Waals surface area (Å²) in [6.07, 6.45) is 33.1. The number of allylic oxidation sites excluding steroid dienone is 2. The second kappa shape index (κ2) is 24.1. The number of carbonyl (C=O) groups excluding carboxylic acids is 1. The molecular weight excluding hydrogens is 622 g/mol. The van der Waals surface area contributed by atoms with E-state index in [0.29, 0.717) is 38.6 Å². The lowest BCUT2D eigenvalue weighted by atomic mass is 9.63. The Labute approximate surface area is 299 Å². The summed E-state index contributed by atoms with van der Waals surface area (Å²) in [5.74, 6) is -0.917. The van der Waals surface area contributed by atoms with E-state index in [9.17, 15) is 24.9 Å². The van der Waals surface area contributed by atoms with E-state index in [2.05, 4.69) is 26.0 Å². The third-order valence-corrected chi connectivity index (χ3v) is 12.5. The number of hydrogen-bond acceptors (Lipinski definition) is 5. The SMILES string of the molecule is CCCCCCCCCCCCCCCCN(C)C(CC=O)(CCC=CC[C@@H]1[C@@H](C=CC[C@H](O)C2(CC)CCC2)[C@H](O)C[C@H]1Cl)C(=O)O. The molecule has 2 aliphatic carbocycles. The zero-order valence-electron chi connectivity index (χ0n) is 30.9. The van der Waals surface area contributed by atoms with E-state index in [-0.39, 0.29) is 35.2 Å². The van der Waals surface area contributed by atoms with E-state index in [1.807, 2.05) is 24.1 Å². The first-order valence-electron chi connectivity index (χ1n) is 19.9. The van der Waals surface area contributed by atoms with Crippen LogP contribution in [0.25, 0.3) is 0 Å². The van der Waals surface area contributed by atoms with E-state index < -0.39 is 17.6 Å². The van der Waals surface area contributed by atoms with E-state index in [1.165, 1.54) is 83.5 Å². The van der Waals surface area contributed by atoms with Crippen molar-refractivity contribution in [2.24, 2.45) is 17.3 Å². The molecule has 0 bridgehead atoms. The number of carboxylic acids is 1. The van der Waals surface area contributed by atoms with Crippen molar-refractivity contribution in [1.29, 1.82) is 0 Å². The average Bonchev–Trinajstić information content (AvgIpc) is 3.31. The smallest absolute Gasteiger partial charge is 0.324 e. The number of unbranched alkanes of at least 4 members (excludes halogenated alkanes) is 13. The molecule has 6 atom stereocenters. The molecule has 0 heterocycles. The predicted octanol–water partition coefficient (Wildman–Crippen LogP) is 10.0. The fraction of sp³-hybridized carbons (Fsp3) is 0.854. The summed E-state index contributed by atoms with van der Waals surface area (Å²) in [6.45, 7) is 5.09. The van der Waals surface area contributed by atoms with Crippen LogP contribution in [0.2, 0.25) is 0 Å². The first-order chi connectivity index (χ1) is 23.2. The molecule has 48 heavy (non-hydrogen) atoms. The molecule has 0 spiro atoms. The van der Waals surface area contributed by atoms with Crippen LogP contribution in [0.1, 0.15) is 168 Å². The Morgan fingerprint density at radius 3 is 2.02 bits per heavy atom. The number of nitrogens with zero attached hydrogens (tertiary/aromatic N) is 1. The molecule has 2 aliphatic rings. The Balaban J connectivity index is 1.74. The standard InChI is InChI=1S/C41H72ClNO5/c1-4-6-7-8-9-10-11-12-13-14-15-16-17-21-31-43(3)41(30-32-44,39(47)48)29-20-18-19-24-34-35(37(45)33-36(34)42)25-22-26-38(46)40(5-2)27-23-28-40/h18-19,22,25,32,34-38,45-46H,4-17,20-21,23-24,26-31,33H2,1-3H3,(H,47,48)/t34-,35-,36-,37-,38+,41?/m1/s1. The van der Waals surface area contributed by atoms with Gasteiger partial charge in [0, 0.05) is 17.7 Å². The Morgan fingerprint density at radius 2 is 1.52 bits per heavy atom. The number of rotatable bonds is 29. The Morgan fingerprint density at radius 1 is 0.938 bits per heavy atom. The van der Waals surface area contributed by atoms with Gasteiger partial charge >= 0.3 is 5.97 Å². The summed E-state index contributed by atoms with van der Waals surface area (Å²) in [4.78, 5) is 26.1. The van der Waals surface area contributed by atoms with Gasteiger partial charge in [0.1, 0.15) is 11.8 Å². The predicted molar refractivity (Wildman–Crippen MR) is 201 cm³/mol. The molecule has 0 aromatic rings. The Hall–Kier alpha value is -1.21. The topological polar surface area (TPSA) is 98.1 Å². The molecule has 0 radical (unpaired) electrons. The average molecular weight is 694 g/mol. The Kier molecular flexibility index (Phi) is 21.5. The molecule has 278 valence electrons. The monoisotopic (exact) mass is 694 g/mol. The fourth-order valence-corrected chi connectivity index (χ4v) is 8.68. The van der Waals surface area contributed by atoms with Crippen molar-refractivity contribution in [3.63, 3.8) is 0 Å². The number of carboxylic acid groups (broad SMARTS) is 1. The number of carbonyl (C=O) groups is 2. The van der Waals surface area contributed by atoms with Gasteiger partial charge in [-0.05, 0) is 82.7 Å². The lowest BCUT2D eigenvalue weighted by molar-refractivity contribution is -0.153. The van der Waals surface area contributed by atoms with Crippen molar-refractivity contribution in [3.05, 3.63) is 24.3 Å². The zero-order chi connectivity index (χ0) is 35.3. The molecule has 7 heteroatoms. The van der Waals surface area contributed by atoms with Crippen molar-refractivity contribution in [2.45, 2.75) is 191 Å². The molecule has 0 aromatic carbocycles. The number of aliphatic carboxylic acids is 1. The van der Waals surface area contributed by atoms with Crippen LogP contribution in [0.5, 0.6) is 0 Å². The van der Waals surface area contributed by atoms with E-state index in [4.69, 9.17) is 11.6 Å². The third kappa shape index (κ3) is 13.8. The van der Waals surface area contributed by atoms with Crippen molar-refractivity contribution < 1.29 is 24.9 Å². The van der Waals surface area contributed by atoms with Gasteiger partial charge in [-0.15, -0.1) is 11.6 Å². The van der Waals surface area contributed by atoms with Crippen LogP contribution in [-0.2, 0) is 9.59 Å². The van der Waals surface area contributed by atoms with Crippen LogP contribution in [-0.4, -0.2) is 69.2 Å². The van der Waals surface area contributed by atoms with Crippen molar-refractivity contribution >= 4 is 23.9 Å². The van der Waals surface area contributed by atoms with Gasteiger partial charge in [-0.25, -0.2) is 0 Å². The molecule has 0 saturated heterocycles. The quantitative estimate of drug-likeness (QED) is 0.0312. The summed E-state index contributed by atoms with van der Waals surface area (Å²) in [5, 5.41) is 31.7. The number of aliphatic hydroxyl groups is 2. The minimum absolute atomic E-state index is 0.0259. The molecule has 1 unspecified atom stereocenters. The molecule has 0 amide bonds. The van der Waals surface area contributed by atoms with Gasteiger partial charge < -0.3 is 20.1 Å². The van der Waals surface area contributed by atoms with Gasteiger partial charge in [0.25, 0.3) is 0 Å². The lowest BCUT2D eigenvalue weighted by Crippen LogP contribution is -2.53. The highest BCUT2D eigenvalue weighted by atomic mass is 35.5. The van der Waals surface area contributed by atoms with Crippen LogP contribution in [0.15, 0.2) is 24.3 Å². The van der Waals surface area contributed by atoms with E-state index in [1.54, 1.807) is 0 Å². The first-order valence-corrected chi connectivity index (χ1v) is 20.3. The van der Waals surface area contributed by atoms with Crippen LogP contribution in [0.3, 0.4) is 0 Å². The normalized spacial score (nSPS) is 24.3. The van der Waals surface area contributed by atoms with E-state index >= 15 is 0 Å². The molecular formula is C41H72ClNO5. The van der Waals surface area contributed by atoms with Gasteiger partial charge in [-0.2, -0.15) is 0 Å². The lowest BCUT2D eigenvalue weighted by Gasteiger charge is -2.45. The number of aliphatic hydroxyl groups excluding tert-OH is 2. The first kappa shape index (κ1) is 43.0. The van der Waals surface area contributed by atoms with Gasteiger partial charge in [0.15, 0.2) is 0 Å². The fourth-order valence-electron chi connectivity index (χ4n) is 8.23. The molecule has 3 N–H and O–H groups in total. The highest BCUT2D eigenvalue weighted by Gasteiger charge is 2.43. The van der Waals surface area contributed by atoms with Gasteiger partial charge in [0.05, 0.1) is 12.2 Å². The maximum atomic E-state index is 12.6.